The summed E-state index contributed by atoms with van der Waals surface area (Å²) in [6, 6.07) is 14.4. The zero-order valence-corrected chi connectivity index (χ0v) is 13.5. The van der Waals surface area contributed by atoms with Crippen molar-refractivity contribution in [2.45, 2.75) is 0 Å². The minimum absolute atomic E-state index is 0.144. The van der Waals surface area contributed by atoms with Crippen molar-refractivity contribution in [1.82, 2.24) is 21.0 Å². The molecule has 0 atom stereocenters. The van der Waals surface area contributed by atoms with Gasteiger partial charge >= 0.3 is 0 Å². The van der Waals surface area contributed by atoms with Gasteiger partial charge in [0, 0.05) is 10.6 Å². The molecule has 0 fully saturated rings. The fraction of sp³-hybridized carbons (Fsp3) is 0. The highest BCUT2D eigenvalue weighted by Crippen LogP contribution is 2.17. The van der Waals surface area contributed by atoms with Crippen LogP contribution in [-0.4, -0.2) is 22.0 Å². The van der Waals surface area contributed by atoms with E-state index in [1.807, 2.05) is 30.3 Å². The molecular weight excluding hydrogens is 347 g/mol. The number of amides is 2. The van der Waals surface area contributed by atoms with Gasteiger partial charge in [-0.2, -0.15) is 5.10 Å². The lowest BCUT2D eigenvalue weighted by atomic mass is 10.1. The summed E-state index contributed by atoms with van der Waals surface area (Å²) in [7, 11) is 0. The molecule has 1 heterocycles. The Balaban J connectivity index is 1.66. The van der Waals surface area contributed by atoms with Gasteiger partial charge in [0.05, 0.1) is 11.3 Å². The molecule has 0 radical (unpaired) electrons. The Morgan fingerprint density at radius 2 is 1.72 bits per heavy atom. The van der Waals surface area contributed by atoms with Crippen LogP contribution >= 0.6 is 11.6 Å². The van der Waals surface area contributed by atoms with Crippen molar-refractivity contribution in [1.29, 1.82) is 0 Å². The summed E-state index contributed by atoms with van der Waals surface area (Å²) in [4.78, 5) is 24.0. The molecule has 0 aliphatic heterocycles. The van der Waals surface area contributed by atoms with Crippen molar-refractivity contribution >= 4 is 23.4 Å². The van der Waals surface area contributed by atoms with E-state index in [9.17, 15) is 14.0 Å². The molecular formula is C17H12ClFN4O2. The number of carbonyl (C=O) groups is 2. The van der Waals surface area contributed by atoms with E-state index in [2.05, 4.69) is 21.0 Å². The maximum absolute atomic E-state index is 13.6. The van der Waals surface area contributed by atoms with Crippen LogP contribution in [0.1, 0.15) is 20.8 Å². The third kappa shape index (κ3) is 3.84. The molecule has 8 heteroatoms. The van der Waals surface area contributed by atoms with E-state index >= 15 is 0 Å². The number of nitrogens with one attached hydrogen (secondary N) is 3. The Morgan fingerprint density at radius 1 is 1.00 bits per heavy atom. The van der Waals surface area contributed by atoms with Gasteiger partial charge in [-0.3, -0.25) is 25.5 Å². The van der Waals surface area contributed by atoms with Gasteiger partial charge in [0.1, 0.15) is 11.5 Å². The summed E-state index contributed by atoms with van der Waals surface area (Å²) in [5.74, 6) is -2.19. The van der Waals surface area contributed by atoms with Crippen molar-refractivity contribution in [3.63, 3.8) is 0 Å². The second-order valence-electron chi connectivity index (χ2n) is 5.07. The first-order chi connectivity index (χ1) is 12.0. The largest absolute Gasteiger partial charge is 0.287 e. The number of aromatic amines is 1. The quantitative estimate of drug-likeness (QED) is 0.629. The average molecular weight is 359 g/mol. The molecule has 126 valence electrons. The number of hydrogen-bond donors (Lipinski definition) is 3. The minimum atomic E-state index is -0.823. The molecule has 0 bridgehead atoms. The Bertz CT molecular complexity index is 927. The molecule has 6 nitrogen and oxygen atoms in total. The zero-order valence-electron chi connectivity index (χ0n) is 12.7. The van der Waals surface area contributed by atoms with Crippen molar-refractivity contribution in [3.8, 4) is 11.3 Å². The van der Waals surface area contributed by atoms with Crippen molar-refractivity contribution in [2.24, 2.45) is 0 Å². The van der Waals surface area contributed by atoms with E-state index in [4.69, 9.17) is 11.6 Å². The molecule has 2 aromatic carbocycles. The third-order valence-electron chi connectivity index (χ3n) is 3.35. The van der Waals surface area contributed by atoms with E-state index < -0.39 is 17.6 Å². The normalized spacial score (nSPS) is 10.3. The molecule has 3 aromatic rings. The highest BCUT2D eigenvalue weighted by molar-refractivity contribution is 6.31. The first kappa shape index (κ1) is 16.7. The molecule has 0 spiro atoms. The van der Waals surface area contributed by atoms with Gasteiger partial charge < -0.3 is 0 Å². The predicted octanol–water partition coefficient (Wildman–Crippen LogP) is 2.94. The van der Waals surface area contributed by atoms with Crippen LogP contribution in [-0.2, 0) is 0 Å². The summed E-state index contributed by atoms with van der Waals surface area (Å²) in [5, 5.41) is 6.83. The second kappa shape index (κ2) is 7.14. The summed E-state index contributed by atoms with van der Waals surface area (Å²) >= 11 is 5.73. The number of hydrogen-bond acceptors (Lipinski definition) is 3. The van der Waals surface area contributed by atoms with Crippen LogP contribution < -0.4 is 10.9 Å². The van der Waals surface area contributed by atoms with Gasteiger partial charge in [0.25, 0.3) is 11.8 Å². The van der Waals surface area contributed by atoms with Gasteiger partial charge in [-0.25, -0.2) is 4.39 Å². The van der Waals surface area contributed by atoms with Crippen LogP contribution in [0.4, 0.5) is 4.39 Å². The SMILES string of the molecule is O=C(NNC(=O)c1cc(Cl)ccc1F)c1cc(-c2ccccc2)n[nH]1. The second-order valence-corrected chi connectivity index (χ2v) is 5.50. The summed E-state index contributed by atoms with van der Waals surface area (Å²) in [6.07, 6.45) is 0. The molecule has 0 aliphatic rings. The summed E-state index contributed by atoms with van der Waals surface area (Å²) in [6.45, 7) is 0. The van der Waals surface area contributed by atoms with E-state index in [-0.39, 0.29) is 16.3 Å². The lowest BCUT2D eigenvalue weighted by Gasteiger charge is -2.07. The van der Waals surface area contributed by atoms with Crippen LogP contribution in [0.15, 0.2) is 54.6 Å². The molecule has 25 heavy (non-hydrogen) atoms. The number of benzene rings is 2. The number of H-pyrrole nitrogens is 1. The van der Waals surface area contributed by atoms with Gasteiger partial charge in [0.2, 0.25) is 0 Å². The van der Waals surface area contributed by atoms with Crippen LogP contribution in [0.5, 0.6) is 0 Å². The van der Waals surface area contributed by atoms with Crippen molar-refractivity contribution in [3.05, 3.63) is 76.7 Å². The van der Waals surface area contributed by atoms with E-state index in [1.165, 1.54) is 18.2 Å². The average Bonchev–Trinajstić information content (AvgIpc) is 3.12. The Morgan fingerprint density at radius 3 is 2.48 bits per heavy atom. The van der Waals surface area contributed by atoms with Crippen LogP contribution in [0.2, 0.25) is 5.02 Å². The number of carbonyl (C=O) groups excluding carboxylic acids is 2. The van der Waals surface area contributed by atoms with Crippen molar-refractivity contribution < 1.29 is 14.0 Å². The molecule has 1 aromatic heterocycles. The van der Waals surface area contributed by atoms with Gasteiger partial charge in [-0.05, 0) is 24.3 Å². The number of aromatic nitrogens is 2. The lowest BCUT2D eigenvalue weighted by Crippen LogP contribution is -2.42. The molecule has 0 saturated carbocycles. The summed E-state index contributed by atoms with van der Waals surface area (Å²) < 4.78 is 13.6. The first-order valence-electron chi connectivity index (χ1n) is 7.21. The molecule has 0 unspecified atom stereocenters. The maximum Gasteiger partial charge on any atom is 0.287 e. The molecule has 0 saturated heterocycles. The monoisotopic (exact) mass is 358 g/mol. The predicted molar refractivity (Wildman–Crippen MR) is 90.4 cm³/mol. The molecule has 3 rings (SSSR count). The first-order valence-corrected chi connectivity index (χ1v) is 7.59. The van der Waals surface area contributed by atoms with E-state index in [0.717, 1.165) is 11.6 Å². The highest BCUT2D eigenvalue weighted by atomic mass is 35.5. The molecule has 3 N–H and O–H groups in total. The Labute approximate surface area is 147 Å². The Kier molecular flexibility index (Phi) is 4.76. The molecule has 0 aliphatic carbocycles. The minimum Gasteiger partial charge on any atom is -0.272 e. The van der Waals surface area contributed by atoms with Gasteiger partial charge in [0.15, 0.2) is 0 Å². The molecule has 2 amide bonds. The standard InChI is InChI=1S/C17H12ClFN4O2/c18-11-6-7-13(19)12(8-11)16(24)22-23-17(25)15-9-14(20-21-15)10-4-2-1-3-5-10/h1-9H,(H,20,21)(H,22,24)(H,23,25). The zero-order chi connectivity index (χ0) is 17.8. The van der Waals surface area contributed by atoms with E-state index in [1.54, 1.807) is 0 Å². The highest BCUT2D eigenvalue weighted by Gasteiger charge is 2.15. The van der Waals surface area contributed by atoms with Crippen LogP contribution in [0.25, 0.3) is 11.3 Å². The lowest BCUT2D eigenvalue weighted by molar-refractivity contribution is 0.0841. The fourth-order valence-electron chi connectivity index (χ4n) is 2.11. The number of halogens is 2. The van der Waals surface area contributed by atoms with Crippen LogP contribution in [0.3, 0.4) is 0 Å². The number of rotatable bonds is 3. The number of nitrogens with zero attached hydrogens (tertiary/aromatic N) is 1. The summed E-state index contributed by atoms with van der Waals surface area (Å²) in [5.41, 5.74) is 5.60. The maximum atomic E-state index is 13.6. The topological polar surface area (TPSA) is 86.9 Å². The fourth-order valence-corrected chi connectivity index (χ4v) is 2.29. The van der Waals surface area contributed by atoms with Gasteiger partial charge in [-0.1, -0.05) is 41.9 Å². The smallest absolute Gasteiger partial charge is 0.272 e. The van der Waals surface area contributed by atoms with E-state index in [0.29, 0.717) is 5.69 Å². The van der Waals surface area contributed by atoms with Crippen LogP contribution in [0, 0.1) is 5.82 Å². The third-order valence-corrected chi connectivity index (χ3v) is 3.59. The Hall–Kier alpha value is -3.19. The number of hydrazine groups is 1. The van der Waals surface area contributed by atoms with Crippen molar-refractivity contribution in [2.75, 3.05) is 0 Å². The van der Waals surface area contributed by atoms with Gasteiger partial charge in [-0.15, -0.1) is 0 Å².